The maximum absolute atomic E-state index is 12.3. The molecule has 0 fully saturated rings. The van der Waals surface area contributed by atoms with Gasteiger partial charge in [0.1, 0.15) is 12.1 Å². The quantitative estimate of drug-likeness (QED) is 0.272. The summed E-state index contributed by atoms with van der Waals surface area (Å²) in [6, 6.07) is 12.7. The van der Waals surface area contributed by atoms with Gasteiger partial charge in [-0.2, -0.15) is 0 Å². The lowest BCUT2D eigenvalue weighted by molar-refractivity contribution is -0.115. The number of carbonyl (C=O) groups excluding carboxylic acids is 1. The topological polar surface area (TPSA) is 90.5 Å². The van der Waals surface area contributed by atoms with E-state index < -0.39 is 0 Å². The molecule has 0 aliphatic rings. The Labute approximate surface area is 198 Å². The number of nitrogens with zero attached hydrogens (tertiary/aromatic N) is 6. The molecule has 0 aliphatic carbocycles. The number of rotatable bonds is 9. The van der Waals surface area contributed by atoms with E-state index in [9.17, 15) is 4.79 Å². The maximum Gasteiger partial charge on any atom is 0.225 e. The first-order chi connectivity index (χ1) is 15.5. The van der Waals surface area contributed by atoms with E-state index in [2.05, 4.69) is 32.4 Å². The summed E-state index contributed by atoms with van der Waals surface area (Å²) >= 11 is 13.5. The van der Waals surface area contributed by atoms with E-state index in [1.807, 2.05) is 28.8 Å². The van der Waals surface area contributed by atoms with Crippen LogP contribution < -0.4 is 5.32 Å². The summed E-state index contributed by atoms with van der Waals surface area (Å²) in [4.78, 5) is 12.3. The zero-order valence-electron chi connectivity index (χ0n) is 16.9. The number of fused-ring (bicyclic) bond motifs is 1. The Kier molecular flexibility index (Phi) is 7.09. The number of carbonyl (C=O) groups is 1. The summed E-state index contributed by atoms with van der Waals surface area (Å²) in [6.45, 7) is 4.80. The Balaban J connectivity index is 1.40. The second-order valence-corrected chi connectivity index (χ2v) is 8.71. The molecule has 32 heavy (non-hydrogen) atoms. The van der Waals surface area contributed by atoms with Crippen LogP contribution >= 0.6 is 35.0 Å². The van der Waals surface area contributed by atoms with Crippen LogP contribution in [0, 0.1) is 0 Å². The van der Waals surface area contributed by atoms with E-state index in [0.717, 1.165) is 16.9 Å². The monoisotopic (exact) mass is 487 g/mol. The van der Waals surface area contributed by atoms with Crippen molar-refractivity contribution in [2.75, 3.05) is 11.1 Å². The maximum atomic E-state index is 12.3. The lowest BCUT2D eigenvalue weighted by atomic mass is 10.3. The lowest BCUT2D eigenvalue weighted by Crippen LogP contribution is -2.13. The highest BCUT2D eigenvalue weighted by atomic mass is 35.5. The van der Waals surface area contributed by atoms with Crippen molar-refractivity contribution in [2.24, 2.45) is 0 Å². The zero-order valence-corrected chi connectivity index (χ0v) is 19.2. The number of benzene rings is 2. The molecule has 0 bridgehead atoms. The molecule has 0 atom stereocenters. The molecule has 11 heteroatoms. The summed E-state index contributed by atoms with van der Waals surface area (Å²) in [5.74, 6) is 1.09. The first-order valence-corrected chi connectivity index (χ1v) is 11.5. The van der Waals surface area contributed by atoms with Gasteiger partial charge in [0.25, 0.3) is 0 Å². The highest BCUT2D eigenvalue weighted by Crippen LogP contribution is 2.26. The van der Waals surface area contributed by atoms with Crippen LogP contribution in [-0.2, 0) is 17.9 Å². The van der Waals surface area contributed by atoms with Gasteiger partial charge < -0.3 is 9.88 Å². The molecule has 0 saturated heterocycles. The van der Waals surface area contributed by atoms with E-state index in [1.54, 1.807) is 29.0 Å². The van der Waals surface area contributed by atoms with Crippen molar-refractivity contribution in [3.05, 3.63) is 71.0 Å². The van der Waals surface area contributed by atoms with Crippen molar-refractivity contribution >= 4 is 57.6 Å². The van der Waals surface area contributed by atoms with Crippen LogP contribution in [0.15, 0.2) is 60.3 Å². The average molecular weight is 488 g/mol. The van der Waals surface area contributed by atoms with Crippen LogP contribution in [0.1, 0.15) is 12.2 Å². The standard InChI is InChI=1S/C21H19Cl2N7OS/c1-2-10-29-19(13-30-18-6-4-3-5-16(18)25-28-30)26-27-21(29)32-11-9-20(31)24-17-12-14(22)7-8-15(17)23/h2-8,12H,1,9-11,13H2,(H,24,31). The van der Waals surface area contributed by atoms with Crippen molar-refractivity contribution in [2.45, 2.75) is 24.7 Å². The predicted octanol–water partition coefficient (Wildman–Crippen LogP) is 4.68. The Morgan fingerprint density at radius 3 is 2.84 bits per heavy atom. The molecule has 1 amide bonds. The van der Waals surface area contributed by atoms with Gasteiger partial charge in [0.2, 0.25) is 5.91 Å². The minimum atomic E-state index is -0.161. The number of halogens is 2. The Morgan fingerprint density at radius 2 is 2.00 bits per heavy atom. The van der Waals surface area contributed by atoms with E-state index in [0.29, 0.717) is 39.7 Å². The SMILES string of the molecule is C=CCn1c(Cn2nnc3ccccc32)nnc1SCCC(=O)Nc1cc(Cl)ccc1Cl. The van der Waals surface area contributed by atoms with Crippen molar-refractivity contribution < 1.29 is 4.79 Å². The van der Waals surface area contributed by atoms with Crippen molar-refractivity contribution in [3.8, 4) is 0 Å². The number of nitrogens with one attached hydrogen (secondary N) is 1. The van der Waals surface area contributed by atoms with E-state index in [-0.39, 0.29) is 12.3 Å². The van der Waals surface area contributed by atoms with E-state index in [1.165, 1.54) is 11.8 Å². The van der Waals surface area contributed by atoms with Gasteiger partial charge in [-0.25, -0.2) is 4.68 Å². The van der Waals surface area contributed by atoms with Gasteiger partial charge in [-0.1, -0.05) is 58.4 Å². The van der Waals surface area contributed by atoms with Crippen molar-refractivity contribution in [1.29, 1.82) is 0 Å². The van der Waals surface area contributed by atoms with Crippen LogP contribution in [0.4, 0.5) is 5.69 Å². The molecule has 4 rings (SSSR count). The van der Waals surface area contributed by atoms with Crippen LogP contribution in [0.5, 0.6) is 0 Å². The van der Waals surface area contributed by atoms with E-state index >= 15 is 0 Å². The zero-order chi connectivity index (χ0) is 22.5. The number of aromatic nitrogens is 6. The molecule has 0 aliphatic heterocycles. The number of hydrogen-bond donors (Lipinski definition) is 1. The van der Waals surface area contributed by atoms with Crippen LogP contribution in [0.2, 0.25) is 10.0 Å². The van der Waals surface area contributed by atoms with Crippen LogP contribution in [0.25, 0.3) is 11.0 Å². The highest BCUT2D eigenvalue weighted by Gasteiger charge is 2.15. The fourth-order valence-corrected chi connectivity index (χ4v) is 4.31. The average Bonchev–Trinajstić information content (AvgIpc) is 3.36. The molecule has 0 unspecified atom stereocenters. The molecule has 0 radical (unpaired) electrons. The van der Waals surface area contributed by atoms with Crippen LogP contribution in [-0.4, -0.2) is 41.4 Å². The minimum absolute atomic E-state index is 0.161. The Hall–Kier alpha value is -2.88. The number of amides is 1. The van der Waals surface area contributed by atoms with Gasteiger partial charge in [0.05, 0.1) is 16.2 Å². The smallest absolute Gasteiger partial charge is 0.225 e. The molecule has 2 heterocycles. The molecule has 2 aromatic heterocycles. The van der Waals surface area contributed by atoms with Gasteiger partial charge >= 0.3 is 0 Å². The third-order valence-corrected chi connectivity index (χ3v) is 6.11. The van der Waals surface area contributed by atoms with Crippen molar-refractivity contribution in [3.63, 3.8) is 0 Å². The molecular weight excluding hydrogens is 469 g/mol. The van der Waals surface area contributed by atoms with Gasteiger partial charge in [-0.3, -0.25) is 4.79 Å². The normalized spacial score (nSPS) is 11.1. The fraction of sp³-hybridized carbons (Fsp3) is 0.190. The number of hydrogen-bond acceptors (Lipinski definition) is 6. The number of thioether (sulfide) groups is 1. The van der Waals surface area contributed by atoms with Gasteiger partial charge in [-0.05, 0) is 30.3 Å². The fourth-order valence-electron chi connectivity index (χ4n) is 3.06. The molecule has 1 N–H and O–H groups in total. The van der Waals surface area contributed by atoms with Crippen molar-refractivity contribution in [1.82, 2.24) is 29.8 Å². The first-order valence-electron chi connectivity index (χ1n) is 9.74. The van der Waals surface area contributed by atoms with Crippen LogP contribution in [0.3, 0.4) is 0 Å². The number of allylic oxidation sites excluding steroid dienone is 1. The molecule has 164 valence electrons. The summed E-state index contributed by atoms with van der Waals surface area (Å²) in [7, 11) is 0. The highest BCUT2D eigenvalue weighted by molar-refractivity contribution is 7.99. The predicted molar refractivity (Wildman–Crippen MR) is 127 cm³/mol. The second-order valence-electron chi connectivity index (χ2n) is 6.80. The molecule has 4 aromatic rings. The van der Waals surface area contributed by atoms with Gasteiger partial charge in [0, 0.05) is 23.7 Å². The summed E-state index contributed by atoms with van der Waals surface area (Å²) in [5.41, 5.74) is 2.24. The molecule has 8 nitrogen and oxygen atoms in total. The summed E-state index contributed by atoms with van der Waals surface area (Å²) in [6.07, 6.45) is 2.06. The molecule has 0 saturated carbocycles. The molecular formula is C21H19Cl2N7OS. The third kappa shape index (κ3) is 5.12. The third-order valence-electron chi connectivity index (χ3n) is 4.58. The first kappa shape index (κ1) is 22.3. The van der Waals surface area contributed by atoms with Gasteiger partial charge in [-0.15, -0.1) is 21.9 Å². The lowest BCUT2D eigenvalue weighted by Gasteiger charge is -2.09. The second kappa shape index (κ2) is 10.2. The molecule has 0 spiro atoms. The summed E-state index contributed by atoms with van der Waals surface area (Å²) < 4.78 is 3.75. The number of anilines is 1. The largest absolute Gasteiger partial charge is 0.325 e. The van der Waals surface area contributed by atoms with Gasteiger partial charge in [0.15, 0.2) is 11.0 Å². The Morgan fingerprint density at radius 1 is 1.16 bits per heavy atom. The number of para-hydroxylation sites is 1. The van der Waals surface area contributed by atoms with E-state index in [4.69, 9.17) is 23.2 Å². The minimum Gasteiger partial charge on any atom is -0.325 e. The summed E-state index contributed by atoms with van der Waals surface area (Å²) in [5, 5.41) is 21.5. The molecule has 2 aromatic carbocycles. The Bertz CT molecular complexity index is 1270.